The second-order valence-corrected chi connectivity index (χ2v) is 23.4. The Morgan fingerprint density at radius 3 is 2.27 bits per heavy atom. The van der Waals surface area contributed by atoms with E-state index in [1.807, 2.05) is 0 Å². The van der Waals surface area contributed by atoms with Crippen LogP contribution in [0.4, 0.5) is 17.5 Å². The highest BCUT2D eigenvalue weighted by Gasteiger charge is 2.50. The molecule has 2 aromatic heterocycles. The molecule has 4 aliphatic heterocycles. The lowest BCUT2D eigenvalue weighted by Gasteiger charge is -2.43. The maximum absolute atomic E-state index is 13.8. The van der Waals surface area contributed by atoms with E-state index >= 15 is 0 Å². The number of aromatic nitrogens is 4. The highest BCUT2D eigenvalue weighted by Crippen LogP contribution is 2.49. The van der Waals surface area contributed by atoms with Gasteiger partial charge in [0.15, 0.2) is 28.7 Å². The summed E-state index contributed by atoms with van der Waals surface area (Å²) in [6.07, 6.45) is 1.46. The summed E-state index contributed by atoms with van der Waals surface area (Å²) in [6, 6.07) is 13.2. The maximum Gasteiger partial charge on any atom is 0.470 e. The van der Waals surface area contributed by atoms with E-state index in [-0.39, 0.29) is 45.1 Å². The number of imidazole rings is 1. The average Bonchev–Trinajstić information content (AvgIpc) is 4.01. The quantitative estimate of drug-likeness (QED) is 0.0277. The minimum atomic E-state index is -5.26. The van der Waals surface area contributed by atoms with Crippen molar-refractivity contribution in [2.24, 2.45) is 0 Å². The number of rotatable bonds is 19. The second kappa shape index (κ2) is 21.4. The molecular formula is C53H66N9O14P2+. The second-order valence-electron chi connectivity index (χ2n) is 21.0. The van der Waals surface area contributed by atoms with Crippen LogP contribution in [0.3, 0.4) is 0 Å². The number of carbonyl (C=O) groups is 2. The molecule has 4 atom stereocenters. The third-order valence-corrected chi connectivity index (χ3v) is 15.7. The fourth-order valence-corrected chi connectivity index (χ4v) is 12.4. The monoisotopic (exact) mass is 1110 g/mol. The van der Waals surface area contributed by atoms with E-state index in [1.54, 1.807) is 12.1 Å². The maximum atomic E-state index is 13.8. The number of ether oxygens (including phenoxy) is 2. The fourth-order valence-electron chi connectivity index (χ4n) is 11.5. The number of hydrogen-bond donors (Lipinski definition) is 9. The molecule has 9 rings (SSSR count). The van der Waals surface area contributed by atoms with Crippen LogP contribution in [0.25, 0.3) is 27.9 Å². The van der Waals surface area contributed by atoms with Crippen LogP contribution in [0.5, 0.6) is 11.5 Å². The summed E-state index contributed by atoms with van der Waals surface area (Å²) < 4.78 is 49.0. The van der Waals surface area contributed by atoms with Gasteiger partial charge in [0, 0.05) is 78.3 Å². The van der Waals surface area contributed by atoms with Gasteiger partial charge in [0.05, 0.1) is 23.8 Å². The van der Waals surface area contributed by atoms with E-state index in [4.69, 9.17) is 19.7 Å². The molecule has 416 valence electrons. The van der Waals surface area contributed by atoms with Gasteiger partial charge in [-0.05, 0) is 101 Å². The standard InChI is InChI=1S/C53H65N9O14P2/c1-9-60-37-22-39-35(20-32(37)28(3)24-52(60,5)6)42(36-21-33-29(4)25-53(7,8)61(10-2)38(33)23-40(36)74-39)31-16-15-30(19-34(31)50(65)66)48(64)55-17-13-11-12-14-18-56-51-59-43-46(54)57-27-58-47(43)62(51)49-44(63)45(76-78(70,71)72)41(75-49)26-73-77(67,68)69/h15-16,19-25,27,41,44-45,49,54-55,63H,9-14,17-18,26H2,1-8H3,(H6,64,65,66,67,68,69,70,71,72)/p+1/t41-,44-,45-,49-/m1/s1. The molecule has 78 heavy (non-hydrogen) atoms. The van der Waals surface area contributed by atoms with Crippen LogP contribution in [0.1, 0.15) is 130 Å². The van der Waals surface area contributed by atoms with Crippen LogP contribution in [-0.2, 0) is 22.9 Å². The number of nitrogens with one attached hydrogen (secondary N) is 2. The highest BCUT2D eigenvalue weighted by molar-refractivity contribution is 7.46. The lowest BCUT2D eigenvalue weighted by atomic mass is 9.83. The first kappa shape index (κ1) is 56.4. The molecule has 6 heterocycles. The van der Waals surface area contributed by atoms with Crippen LogP contribution < -0.4 is 41.2 Å². The Kier molecular flexibility index (Phi) is 15.4. The Morgan fingerprint density at radius 1 is 0.872 bits per heavy atom. The molecule has 0 saturated carbocycles. The molecule has 1 saturated heterocycles. The van der Waals surface area contributed by atoms with Crippen molar-refractivity contribution in [1.82, 2.24) is 29.4 Å². The third kappa shape index (κ3) is 11.0. The van der Waals surface area contributed by atoms with Gasteiger partial charge in [-0.1, -0.05) is 25.0 Å². The lowest BCUT2D eigenvalue weighted by Crippen LogP contribution is -2.49. The number of allylic oxidation sites excluding steroid dienone is 2. The summed E-state index contributed by atoms with van der Waals surface area (Å²) >= 11 is 0. The van der Waals surface area contributed by atoms with E-state index in [9.17, 15) is 48.5 Å². The normalized spacial score (nSPS) is 20.3. The number of aliphatic hydroxyl groups is 1. The molecule has 0 bridgehead atoms. The van der Waals surface area contributed by atoms with E-state index in [2.05, 4.69) is 131 Å². The average molecular weight is 1120 g/mol. The molecule has 0 radical (unpaired) electrons. The largest absolute Gasteiger partial charge is 0.478 e. The number of unbranched alkanes of at least 4 members (excludes halogenated alkanes) is 3. The topological polar surface area (TPSA) is 327 Å². The number of nitrogens with zero attached hydrogens (tertiary/aromatic N) is 6. The Bertz CT molecular complexity index is 3550. The summed E-state index contributed by atoms with van der Waals surface area (Å²) in [5.41, 5.74) is 13.0. The third-order valence-electron chi connectivity index (χ3n) is 14.7. The number of carboxylic acid groups (broad SMARTS) is 1. The first-order valence-electron chi connectivity index (χ1n) is 25.7. The van der Waals surface area contributed by atoms with Crippen LogP contribution in [0, 0.1) is 0 Å². The Labute approximate surface area is 449 Å². The number of carboxylic acids is 1. The van der Waals surface area contributed by atoms with Crippen molar-refractivity contribution >= 4 is 72.9 Å². The van der Waals surface area contributed by atoms with E-state index in [0.29, 0.717) is 61.4 Å². The Hall–Kier alpha value is -6.36. The Balaban J connectivity index is 0.916. The number of likely N-dealkylation sites (N-methyl/N-ethyl adjacent to an activating group) is 2. The fraction of sp³-hybridized carbons (Fsp3) is 0.434. The summed E-state index contributed by atoms with van der Waals surface area (Å²) in [5, 5.41) is 30.1. The predicted octanol–water partition coefficient (Wildman–Crippen LogP) is 5.44. The Morgan fingerprint density at radius 2 is 1.59 bits per heavy atom. The molecule has 25 heteroatoms. The number of nitrogen functional groups attached to an aromatic ring is 1. The molecule has 3 aromatic carbocycles. The molecular weight excluding hydrogens is 1050 g/mol. The molecule has 0 aliphatic carbocycles. The minimum Gasteiger partial charge on any atom is -0.478 e. The van der Waals surface area contributed by atoms with Gasteiger partial charge >= 0.3 is 21.6 Å². The van der Waals surface area contributed by atoms with Gasteiger partial charge in [-0.3, -0.25) is 18.4 Å². The molecule has 5 aromatic rings. The molecule has 10 N–H and O–H groups in total. The first-order valence-corrected chi connectivity index (χ1v) is 28.8. The van der Waals surface area contributed by atoms with Crippen LogP contribution in [-0.4, -0.2) is 123 Å². The van der Waals surface area contributed by atoms with Crippen molar-refractivity contribution in [3.63, 3.8) is 0 Å². The van der Waals surface area contributed by atoms with Crippen molar-refractivity contribution in [2.75, 3.05) is 48.7 Å². The van der Waals surface area contributed by atoms with Crippen molar-refractivity contribution in [3.05, 3.63) is 105 Å². The number of nitrogens with two attached hydrogens (primary N) is 1. The van der Waals surface area contributed by atoms with E-state index < -0.39 is 58.7 Å². The lowest BCUT2D eigenvalue weighted by molar-refractivity contribution is -0.0492. The molecule has 1 amide bonds. The van der Waals surface area contributed by atoms with Gasteiger partial charge in [0.1, 0.15) is 42.7 Å². The van der Waals surface area contributed by atoms with Crippen molar-refractivity contribution in [3.8, 4) is 11.5 Å². The zero-order valence-corrected chi connectivity index (χ0v) is 46.3. The van der Waals surface area contributed by atoms with Gasteiger partial charge < -0.3 is 60.5 Å². The van der Waals surface area contributed by atoms with Crippen molar-refractivity contribution in [1.29, 1.82) is 0 Å². The van der Waals surface area contributed by atoms with Crippen molar-refractivity contribution < 1.29 is 67.0 Å². The molecule has 1 fully saturated rings. The molecule has 23 nitrogen and oxygen atoms in total. The van der Waals surface area contributed by atoms with Crippen LogP contribution >= 0.6 is 15.6 Å². The van der Waals surface area contributed by atoms with Gasteiger partial charge in [-0.15, -0.1) is 0 Å². The van der Waals surface area contributed by atoms with E-state index in [0.717, 1.165) is 63.5 Å². The number of aliphatic hydroxyl groups excluding tert-OH is 1. The SMILES string of the molecule is CCN1c2cc3c(cc2C(C)=CC1(C)C)C(c1ccc(C(=O)NCCCCCCNc2nc4c(N)ncnc4n2[C@@H]2O[C@H](COP(=O)(O)O)[C@@H](OP(=O)(O)O)[C@H]2O)cc1C(=O)O)=c1cc2c(cc1O3)=[N+](CC)C(C)(C)C=C2C. The molecule has 0 unspecified atom stereocenters. The summed E-state index contributed by atoms with van der Waals surface area (Å²) in [6.45, 7) is 18.4. The summed E-state index contributed by atoms with van der Waals surface area (Å²) in [7, 11) is -10.3. The zero-order chi connectivity index (χ0) is 56.4. The van der Waals surface area contributed by atoms with Gasteiger partial charge in [0.25, 0.3) is 5.91 Å². The zero-order valence-electron chi connectivity index (χ0n) is 44.6. The van der Waals surface area contributed by atoms with E-state index in [1.165, 1.54) is 10.6 Å². The summed E-state index contributed by atoms with van der Waals surface area (Å²) in [4.78, 5) is 79.8. The minimum absolute atomic E-state index is 0.0246. The predicted molar refractivity (Wildman–Crippen MR) is 291 cm³/mol. The van der Waals surface area contributed by atoms with Gasteiger partial charge in [0.2, 0.25) is 11.3 Å². The summed E-state index contributed by atoms with van der Waals surface area (Å²) in [5.74, 6) is -0.358. The number of aromatic carboxylic acids is 1. The number of fused-ring (bicyclic) bond motifs is 5. The number of hydrogen-bond acceptors (Lipinski definition) is 15. The number of carbonyl (C=O) groups excluding carboxylic acids is 1. The first-order chi connectivity index (χ1) is 36.7. The molecule has 0 spiro atoms. The molecule has 4 aliphatic rings. The van der Waals surface area contributed by atoms with Gasteiger partial charge in [-0.2, -0.15) is 0 Å². The highest BCUT2D eigenvalue weighted by atomic mass is 31.2. The van der Waals surface area contributed by atoms with Crippen LogP contribution in [0.2, 0.25) is 0 Å². The van der Waals surface area contributed by atoms with Crippen molar-refractivity contribution in [2.45, 2.75) is 117 Å². The van der Waals surface area contributed by atoms with Crippen LogP contribution in [0.15, 0.2) is 60.9 Å². The number of phosphoric ester groups is 2. The van der Waals surface area contributed by atoms with Gasteiger partial charge in [-0.25, -0.2) is 33.5 Å². The smallest absolute Gasteiger partial charge is 0.470 e. The number of anilines is 3. The number of benzene rings is 3. The number of phosphoric acid groups is 2. The number of amides is 1.